The molecule has 0 saturated heterocycles. The van der Waals surface area contributed by atoms with Gasteiger partial charge in [0.25, 0.3) is 0 Å². The van der Waals surface area contributed by atoms with E-state index in [1.807, 2.05) is 24.3 Å². The summed E-state index contributed by atoms with van der Waals surface area (Å²) in [6, 6.07) is 7.54. The monoisotopic (exact) mass is 337 g/mol. The van der Waals surface area contributed by atoms with Gasteiger partial charge < -0.3 is 10.1 Å². The maximum absolute atomic E-state index is 12.2. The Balaban J connectivity index is 1.56. The number of benzene rings is 1. The van der Waals surface area contributed by atoms with Crippen molar-refractivity contribution in [3.05, 3.63) is 29.8 Å². The average molecular weight is 337 g/mol. The molecule has 126 valence electrons. The highest BCUT2D eigenvalue weighted by molar-refractivity contribution is 7.92. The fraction of sp³-hybridized carbons (Fsp3) is 0.588. The van der Waals surface area contributed by atoms with Gasteiger partial charge in [-0.05, 0) is 18.9 Å². The van der Waals surface area contributed by atoms with Crippen LogP contribution in [0.4, 0.5) is 0 Å². The van der Waals surface area contributed by atoms with Gasteiger partial charge in [0.15, 0.2) is 9.84 Å². The van der Waals surface area contributed by atoms with E-state index >= 15 is 0 Å². The quantitative estimate of drug-likeness (QED) is 0.895. The molecule has 1 aromatic rings. The number of carbonyl (C=O) groups is 1. The van der Waals surface area contributed by atoms with Crippen molar-refractivity contribution in [3.8, 4) is 5.75 Å². The van der Waals surface area contributed by atoms with Crippen LogP contribution in [-0.4, -0.2) is 31.9 Å². The van der Waals surface area contributed by atoms with Crippen molar-refractivity contribution in [1.29, 1.82) is 0 Å². The van der Waals surface area contributed by atoms with E-state index in [1.54, 1.807) is 0 Å². The third-order valence-electron chi connectivity index (χ3n) is 4.72. The molecular weight excluding hydrogens is 314 g/mol. The first-order chi connectivity index (χ1) is 11.1. The fourth-order valence-electron chi connectivity index (χ4n) is 3.41. The lowest BCUT2D eigenvalue weighted by Crippen LogP contribution is -2.34. The highest BCUT2D eigenvalue weighted by Crippen LogP contribution is 2.31. The van der Waals surface area contributed by atoms with Crippen molar-refractivity contribution < 1.29 is 17.9 Å². The smallest absolute Gasteiger partial charge is 0.221 e. The Labute approximate surface area is 137 Å². The zero-order valence-corrected chi connectivity index (χ0v) is 14.0. The number of para-hydroxylation sites is 1. The molecule has 0 aromatic heterocycles. The lowest BCUT2D eigenvalue weighted by Gasteiger charge is -2.26. The van der Waals surface area contributed by atoms with Gasteiger partial charge in [-0.25, -0.2) is 8.42 Å². The Kier molecular flexibility index (Phi) is 4.90. The molecule has 6 heteroatoms. The normalized spacial score (nSPS) is 21.5. The van der Waals surface area contributed by atoms with Gasteiger partial charge in [-0.2, -0.15) is 0 Å². The zero-order chi connectivity index (χ0) is 16.3. The summed E-state index contributed by atoms with van der Waals surface area (Å²) in [6.07, 6.45) is 4.20. The number of carbonyl (C=O) groups excluding carboxylic acids is 1. The lowest BCUT2D eigenvalue weighted by molar-refractivity contribution is -0.121. The molecule has 1 amide bonds. The Hall–Kier alpha value is -1.56. The van der Waals surface area contributed by atoms with Crippen LogP contribution in [0.15, 0.2) is 24.3 Å². The highest BCUT2D eigenvalue weighted by Gasteiger charge is 2.29. The van der Waals surface area contributed by atoms with Gasteiger partial charge in [0.05, 0.1) is 23.7 Å². The number of fused-ring (bicyclic) bond motifs is 1. The van der Waals surface area contributed by atoms with Crippen molar-refractivity contribution in [1.82, 2.24) is 5.32 Å². The van der Waals surface area contributed by atoms with E-state index in [9.17, 15) is 13.2 Å². The number of amides is 1. The maximum Gasteiger partial charge on any atom is 0.221 e. The van der Waals surface area contributed by atoms with Gasteiger partial charge in [-0.1, -0.05) is 31.0 Å². The van der Waals surface area contributed by atoms with E-state index in [1.165, 1.54) is 0 Å². The van der Waals surface area contributed by atoms with E-state index in [4.69, 9.17) is 4.74 Å². The Bertz CT molecular complexity index is 665. The topological polar surface area (TPSA) is 72.5 Å². The van der Waals surface area contributed by atoms with Crippen LogP contribution in [0.2, 0.25) is 0 Å². The van der Waals surface area contributed by atoms with Crippen LogP contribution in [0, 0.1) is 0 Å². The summed E-state index contributed by atoms with van der Waals surface area (Å²) in [5, 5.41) is 2.72. The van der Waals surface area contributed by atoms with Crippen LogP contribution in [-0.2, 0) is 14.6 Å². The molecule has 1 aliphatic heterocycles. The van der Waals surface area contributed by atoms with Crippen LogP contribution in [0.3, 0.4) is 0 Å². The van der Waals surface area contributed by atoms with Crippen molar-refractivity contribution >= 4 is 15.7 Å². The lowest BCUT2D eigenvalue weighted by atomic mass is 10.0. The summed E-state index contributed by atoms with van der Waals surface area (Å²) in [4.78, 5) is 12.2. The molecule has 0 spiro atoms. The molecule has 1 atom stereocenters. The average Bonchev–Trinajstić information content (AvgIpc) is 3.09. The second kappa shape index (κ2) is 6.91. The molecule has 0 radical (unpaired) electrons. The van der Waals surface area contributed by atoms with Gasteiger partial charge in [0.1, 0.15) is 5.75 Å². The number of hydrogen-bond acceptors (Lipinski definition) is 4. The van der Waals surface area contributed by atoms with Crippen LogP contribution in [0.25, 0.3) is 0 Å². The van der Waals surface area contributed by atoms with E-state index < -0.39 is 9.84 Å². The zero-order valence-electron chi connectivity index (χ0n) is 13.2. The first kappa shape index (κ1) is 16.3. The Morgan fingerprint density at radius 1 is 1.17 bits per heavy atom. The van der Waals surface area contributed by atoms with Gasteiger partial charge in [0, 0.05) is 18.4 Å². The predicted molar refractivity (Wildman–Crippen MR) is 88.1 cm³/mol. The third-order valence-corrected chi connectivity index (χ3v) is 6.98. The fourth-order valence-corrected chi connectivity index (χ4v) is 5.26. The number of hydrogen-bond donors (Lipinski definition) is 1. The van der Waals surface area contributed by atoms with Gasteiger partial charge in [-0.3, -0.25) is 4.79 Å². The highest BCUT2D eigenvalue weighted by atomic mass is 32.2. The minimum atomic E-state index is -3.14. The molecule has 5 nitrogen and oxygen atoms in total. The standard InChI is InChI=1S/C17H23NO4S/c19-17(10-12-23(20,21)13-5-1-2-6-13)18-15-9-11-22-16-8-4-3-7-14(15)16/h3-4,7-8,13,15H,1-2,5-6,9-12H2,(H,18,19)/t15-/m0/s1. The third kappa shape index (κ3) is 3.86. The van der Waals surface area contributed by atoms with Crippen molar-refractivity contribution in [2.24, 2.45) is 0 Å². The number of sulfone groups is 1. The summed E-state index contributed by atoms with van der Waals surface area (Å²) < 4.78 is 30.0. The molecule has 1 aliphatic carbocycles. The van der Waals surface area contributed by atoms with Crippen molar-refractivity contribution in [3.63, 3.8) is 0 Å². The van der Waals surface area contributed by atoms with Gasteiger partial charge >= 0.3 is 0 Å². The maximum atomic E-state index is 12.2. The molecule has 1 saturated carbocycles. The molecule has 1 fully saturated rings. The van der Waals surface area contributed by atoms with Crippen LogP contribution in [0.5, 0.6) is 5.75 Å². The van der Waals surface area contributed by atoms with E-state index in [0.29, 0.717) is 13.0 Å². The molecule has 1 N–H and O–H groups in total. The molecule has 1 aromatic carbocycles. The minimum Gasteiger partial charge on any atom is -0.493 e. The molecule has 2 aliphatic rings. The van der Waals surface area contributed by atoms with E-state index in [-0.39, 0.29) is 29.4 Å². The molecule has 1 heterocycles. The Morgan fingerprint density at radius 2 is 1.91 bits per heavy atom. The molecule has 3 rings (SSSR count). The second-order valence-corrected chi connectivity index (χ2v) is 8.72. The van der Waals surface area contributed by atoms with Gasteiger partial charge in [0.2, 0.25) is 5.91 Å². The summed E-state index contributed by atoms with van der Waals surface area (Å²) >= 11 is 0. The first-order valence-electron chi connectivity index (χ1n) is 8.29. The van der Waals surface area contributed by atoms with Crippen molar-refractivity contribution in [2.75, 3.05) is 12.4 Å². The minimum absolute atomic E-state index is 0.0400. The van der Waals surface area contributed by atoms with E-state index in [0.717, 1.165) is 37.0 Å². The molecule has 0 bridgehead atoms. The molecular formula is C17H23NO4S. The SMILES string of the molecule is O=C(CCS(=O)(=O)C1CCCC1)N[C@H]1CCOc2ccccc21. The number of nitrogens with one attached hydrogen (secondary N) is 1. The van der Waals surface area contributed by atoms with Crippen molar-refractivity contribution in [2.45, 2.75) is 49.8 Å². The number of rotatable bonds is 5. The largest absolute Gasteiger partial charge is 0.493 e. The predicted octanol–water partition coefficient (Wildman–Crippen LogP) is 2.37. The van der Waals surface area contributed by atoms with E-state index in [2.05, 4.69) is 5.32 Å². The molecule has 23 heavy (non-hydrogen) atoms. The second-order valence-electron chi connectivity index (χ2n) is 6.32. The Morgan fingerprint density at radius 3 is 2.70 bits per heavy atom. The van der Waals surface area contributed by atoms with Crippen LogP contribution >= 0.6 is 0 Å². The summed E-state index contributed by atoms with van der Waals surface area (Å²) in [5.41, 5.74) is 0.964. The van der Waals surface area contributed by atoms with Gasteiger partial charge in [-0.15, -0.1) is 0 Å². The first-order valence-corrected chi connectivity index (χ1v) is 10.0. The summed E-state index contributed by atoms with van der Waals surface area (Å²) in [6.45, 7) is 0.558. The van der Waals surface area contributed by atoms with Crippen LogP contribution in [0.1, 0.15) is 50.1 Å². The number of ether oxygens (including phenoxy) is 1. The summed E-state index contributed by atoms with van der Waals surface area (Å²) in [5.74, 6) is 0.546. The summed E-state index contributed by atoms with van der Waals surface area (Å²) in [7, 11) is -3.14. The van der Waals surface area contributed by atoms with Crippen LogP contribution < -0.4 is 10.1 Å². The molecule has 0 unspecified atom stereocenters.